The van der Waals surface area contributed by atoms with E-state index in [4.69, 9.17) is 20.4 Å². The summed E-state index contributed by atoms with van der Waals surface area (Å²) in [5.74, 6) is -1.73. The summed E-state index contributed by atoms with van der Waals surface area (Å²) >= 11 is 3.51. The van der Waals surface area contributed by atoms with E-state index < -0.39 is 17.7 Å². The molecule has 2 atom stereocenters. The van der Waals surface area contributed by atoms with E-state index in [-0.39, 0.29) is 6.10 Å². The number of aromatic amines is 1. The minimum Gasteiger partial charge on any atom is -0.475 e. The highest BCUT2D eigenvalue weighted by Crippen LogP contribution is 2.29. The van der Waals surface area contributed by atoms with Crippen LogP contribution in [-0.4, -0.2) is 92.5 Å². The predicted molar refractivity (Wildman–Crippen MR) is 134 cm³/mol. The molecule has 10 nitrogen and oxygen atoms in total. The third kappa shape index (κ3) is 8.28. The SMILES string of the molecule is CC(C)(O)[C@H]1CN(C2CCN(c3n[nH]c(N)n3)CC2)[C@@H](Cc2ccc(Br)cc2)CO1.O=C(O)C(F)(F)F. The van der Waals surface area contributed by atoms with E-state index in [0.29, 0.717) is 30.6 Å². The molecular formula is C23H32BrF3N6O4. The molecule has 0 spiro atoms. The highest BCUT2D eigenvalue weighted by atomic mass is 79.9. The number of nitrogen functional groups attached to an aromatic ring is 1. The van der Waals surface area contributed by atoms with Crippen molar-refractivity contribution < 1.29 is 32.9 Å². The van der Waals surface area contributed by atoms with Gasteiger partial charge in [0.05, 0.1) is 18.3 Å². The summed E-state index contributed by atoms with van der Waals surface area (Å²) in [6, 6.07) is 9.24. The van der Waals surface area contributed by atoms with Gasteiger partial charge in [-0.05, 0) is 50.8 Å². The number of anilines is 2. The highest BCUT2D eigenvalue weighted by Gasteiger charge is 2.40. The molecule has 3 heterocycles. The molecule has 0 unspecified atom stereocenters. The zero-order valence-corrected chi connectivity index (χ0v) is 22.2. The van der Waals surface area contributed by atoms with E-state index in [1.54, 1.807) is 0 Å². The molecule has 2 saturated heterocycles. The Kier molecular flexibility index (Phi) is 9.42. The monoisotopic (exact) mass is 592 g/mol. The number of hydrogen-bond acceptors (Lipinski definition) is 8. The topological polar surface area (TPSA) is 141 Å². The van der Waals surface area contributed by atoms with Crippen LogP contribution >= 0.6 is 15.9 Å². The van der Waals surface area contributed by atoms with E-state index >= 15 is 0 Å². The van der Waals surface area contributed by atoms with Crippen LogP contribution in [0.25, 0.3) is 0 Å². The van der Waals surface area contributed by atoms with Gasteiger partial charge in [-0.1, -0.05) is 28.1 Å². The van der Waals surface area contributed by atoms with Gasteiger partial charge in [0.2, 0.25) is 11.9 Å². The number of halogens is 4. The molecule has 2 fully saturated rings. The molecule has 2 aliphatic rings. The van der Waals surface area contributed by atoms with Crippen LogP contribution in [0.3, 0.4) is 0 Å². The number of nitrogens with two attached hydrogens (primary N) is 1. The molecule has 206 valence electrons. The lowest BCUT2D eigenvalue weighted by atomic mass is 9.92. The average Bonchev–Trinajstić information content (AvgIpc) is 3.26. The number of aliphatic carboxylic acids is 1. The Morgan fingerprint density at radius 1 is 1.24 bits per heavy atom. The van der Waals surface area contributed by atoms with Crippen LogP contribution in [0.5, 0.6) is 0 Å². The summed E-state index contributed by atoms with van der Waals surface area (Å²) in [6.45, 7) is 6.81. The van der Waals surface area contributed by atoms with Crippen LogP contribution in [0, 0.1) is 0 Å². The van der Waals surface area contributed by atoms with E-state index in [1.165, 1.54) is 5.56 Å². The van der Waals surface area contributed by atoms with Gasteiger partial charge in [0.25, 0.3) is 0 Å². The van der Waals surface area contributed by atoms with Gasteiger partial charge in [-0.3, -0.25) is 4.90 Å². The van der Waals surface area contributed by atoms with E-state index in [1.807, 2.05) is 13.8 Å². The van der Waals surface area contributed by atoms with Gasteiger partial charge in [-0.15, -0.1) is 5.10 Å². The smallest absolute Gasteiger partial charge is 0.475 e. The molecule has 2 aliphatic heterocycles. The van der Waals surface area contributed by atoms with E-state index in [0.717, 1.165) is 43.4 Å². The first kappa shape index (κ1) is 29.1. The van der Waals surface area contributed by atoms with Crippen molar-refractivity contribution in [1.29, 1.82) is 0 Å². The average molecular weight is 593 g/mol. The van der Waals surface area contributed by atoms with Gasteiger partial charge in [0, 0.05) is 36.2 Å². The number of aliphatic hydroxyl groups is 1. The fourth-order valence-electron chi connectivity index (χ4n) is 4.46. The number of H-pyrrole nitrogens is 1. The predicted octanol–water partition coefficient (Wildman–Crippen LogP) is 2.83. The molecule has 0 aliphatic carbocycles. The van der Waals surface area contributed by atoms with Crippen molar-refractivity contribution in [2.24, 2.45) is 0 Å². The van der Waals surface area contributed by atoms with Gasteiger partial charge >= 0.3 is 12.1 Å². The quantitative estimate of drug-likeness (QED) is 0.412. The van der Waals surface area contributed by atoms with Gasteiger partial charge < -0.3 is 25.6 Å². The van der Waals surface area contributed by atoms with E-state index in [2.05, 4.69) is 65.2 Å². The molecule has 1 aromatic heterocycles. The van der Waals surface area contributed by atoms with Crippen LogP contribution in [0.2, 0.25) is 0 Å². The minimum absolute atomic E-state index is 0.190. The van der Waals surface area contributed by atoms with Gasteiger partial charge in [-0.2, -0.15) is 18.2 Å². The number of hydrogen-bond donors (Lipinski definition) is 4. The van der Waals surface area contributed by atoms with Gasteiger partial charge in [-0.25, -0.2) is 9.89 Å². The maximum atomic E-state index is 10.6. The summed E-state index contributed by atoms with van der Waals surface area (Å²) in [4.78, 5) is 17.9. The number of ether oxygens (including phenoxy) is 1. The fraction of sp³-hybridized carbons (Fsp3) is 0.609. The van der Waals surface area contributed by atoms with Crippen molar-refractivity contribution in [1.82, 2.24) is 20.1 Å². The maximum absolute atomic E-state index is 10.6. The molecule has 1 aromatic carbocycles. The maximum Gasteiger partial charge on any atom is 0.490 e. The van der Waals surface area contributed by atoms with Crippen molar-refractivity contribution in [3.63, 3.8) is 0 Å². The molecule has 2 aromatic rings. The van der Waals surface area contributed by atoms with Crippen LogP contribution in [0.4, 0.5) is 25.1 Å². The van der Waals surface area contributed by atoms with Gasteiger partial charge in [0.15, 0.2) is 0 Å². The van der Waals surface area contributed by atoms with Crippen molar-refractivity contribution in [3.05, 3.63) is 34.3 Å². The zero-order valence-electron chi connectivity index (χ0n) is 20.6. The lowest BCUT2D eigenvalue weighted by Crippen LogP contribution is -2.61. The molecular weight excluding hydrogens is 561 g/mol. The molecule has 5 N–H and O–H groups in total. The number of morpholine rings is 1. The molecule has 0 bridgehead atoms. The molecule has 14 heteroatoms. The van der Waals surface area contributed by atoms with Crippen molar-refractivity contribution in [2.45, 2.75) is 63.1 Å². The Labute approximate surface area is 221 Å². The van der Waals surface area contributed by atoms with Crippen molar-refractivity contribution in [3.8, 4) is 0 Å². The van der Waals surface area contributed by atoms with Crippen LogP contribution in [-0.2, 0) is 16.0 Å². The Morgan fingerprint density at radius 2 is 1.84 bits per heavy atom. The van der Waals surface area contributed by atoms with Gasteiger partial charge in [0.1, 0.15) is 0 Å². The Morgan fingerprint density at radius 3 is 2.32 bits per heavy atom. The standard InChI is InChI=1S/C21H31BrN6O2.C2HF3O2/c1-21(2,29)18-12-28(17(13-30-18)11-14-3-5-15(22)6-4-14)16-7-9-27(10-8-16)20-24-19(23)25-26-20;3-2(4,5)1(6)7/h3-6,16-18,29H,7-13H2,1-2H3,(H3,23,24,25,26);(H,6,7)/t17-,18+;/m0./s1. The number of aromatic nitrogens is 3. The summed E-state index contributed by atoms with van der Waals surface area (Å²) < 4.78 is 38.9. The van der Waals surface area contributed by atoms with Crippen LogP contribution in [0.1, 0.15) is 32.3 Å². The number of nitrogens with zero attached hydrogens (tertiary/aromatic N) is 4. The first-order valence-electron chi connectivity index (χ1n) is 11.8. The number of rotatable bonds is 5. The van der Waals surface area contributed by atoms with Crippen LogP contribution in [0.15, 0.2) is 28.7 Å². The number of carboxylic acids is 1. The second-order valence-electron chi connectivity index (χ2n) is 9.70. The zero-order chi connectivity index (χ0) is 27.4. The molecule has 0 radical (unpaired) electrons. The number of carboxylic acid groups (broad SMARTS) is 1. The Balaban J connectivity index is 0.000000479. The molecule has 4 rings (SSSR count). The number of nitrogens with one attached hydrogen (secondary N) is 1. The lowest BCUT2D eigenvalue weighted by molar-refractivity contribution is -0.192. The number of carbonyl (C=O) groups is 1. The highest BCUT2D eigenvalue weighted by molar-refractivity contribution is 9.10. The van der Waals surface area contributed by atoms with Crippen molar-refractivity contribution >= 4 is 33.8 Å². The van der Waals surface area contributed by atoms with Crippen LogP contribution < -0.4 is 10.6 Å². The third-order valence-corrected chi connectivity index (χ3v) is 6.99. The Hall–Kier alpha value is -2.42. The summed E-state index contributed by atoms with van der Waals surface area (Å²) in [7, 11) is 0. The summed E-state index contributed by atoms with van der Waals surface area (Å²) in [6.07, 6.45) is -2.30. The first-order chi connectivity index (χ1) is 17.2. The summed E-state index contributed by atoms with van der Waals surface area (Å²) in [5.41, 5.74) is 6.12. The number of alkyl halides is 3. The molecule has 0 saturated carbocycles. The van der Waals surface area contributed by atoms with Crippen molar-refractivity contribution in [2.75, 3.05) is 36.9 Å². The largest absolute Gasteiger partial charge is 0.490 e. The normalized spacial score (nSPS) is 21.9. The fourth-order valence-corrected chi connectivity index (χ4v) is 4.73. The third-order valence-electron chi connectivity index (χ3n) is 6.46. The number of piperidine rings is 1. The second-order valence-corrected chi connectivity index (χ2v) is 10.6. The Bertz CT molecular complexity index is 1020. The van der Waals surface area contributed by atoms with E-state index in [9.17, 15) is 18.3 Å². The minimum atomic E-state index is -5.08. The molecule has 37 heavy (non-hydrogen) atoms. The second kappa shape index (κ2) is 12.0. The summed E-state index contributed by atoms with van der Waals surface area (Å²) in [5, 5.41) is 24.6. The lowest BCUT2D eigenvalue weighted by Gasteiger charge is -2.48. The molecule has 0 amide bonds. The number of benzene rings is 1. The first-order valence-corrected chi connectivity index (χ1v) is 12.6.